The summed E-state index contributed by atoms with van der Waals surface area (Å²) in [5.74, 6) is -2.24. The van der Waals surface area contributed by atoms with Crippen LogP contribution in [-0.4, -0.2) is 12.0 Å². The van der Waals surface area contributed by atoms with Gasteiger partial charge in [0.05, 0.1) is 11.0 Å². The Morgan fingerprint density at radius 1 is 1.19 bits per heavy atom. The second kappa shape index (κ2) is 6.27. The maximum Gasteiger partial charge on any atom is 0.307 e. The number of ether oxygens (including phenoxy) is 1. The molecule has 5 nitrogen and oxygen atoms in total. The van der Waals surface area contributed by atoms with Gasteiger partial charge in [-0.3, -0.25) is 10.1 Å². The van der Waals surface area contributed by atoms with Crippen molar-refractivity contribution in [2.75, 3.05) is 7.05 Å². The third kappa shape index (κ3) is 3.51. The van der Waals surface area contributed by atoms with E-state index in [1.54, 1.807) is 31.3 Å². The molecule has 110 valence electrons. The summed E-state index contributed by atoms with van der Waals surface area (Å²) in [5, 5.41) is 13.5. The summed E-state index contributed by atoms with van der Waals surface area (Å²) in [5.41, 5.74) is 0.0735. The summed E-state index contributed by atoms with van der Waals surface area (Å²) >= 11 is 0. The molecule has 7 heteroatoms. The van der Waals surface area contributed by atoms with Gasteiger partial charge < -0.3 is 10.1 Å². The first kappa shape index (κ1) is 14.9. The van der Waals surface area contributed by atoms with Crippen LogP contribution in [0.15, 0.2) is 36.4 Å². The Morgan fingerprint density at radius 3 is 2.43 bits per heavy atom. The molecule has 0 radical (unpaired) electrons. The molecule has 0 aliphatic carbocycles. The number of hydrogen-bond acceptors (Lipinski definition) is 4. The summed E-state index contributed by atoms with van der Waals surface area (Å²) < 4.78 is 32.3. The molecule has 2 aromatic carbocycles. The van der Waals surface area contributed by atoms with E-state index >= 15 is 0 Å². The zero-order valence-electron chi connectivity index (χ0n) is 11.1. The number of benzene rings is 2. The molecule has 0 saturated carbocycles. The molecule has 0 unspecified atom stereocenters. The van der Waals surface area contributed by atoms with Crippen LogP contribution in [0, 0.1) is 21.7 Å². The van der Waals surface area contributed by atoms with Gasteiger partial charge in [0, 0.05) is 12.6 Å². The molecule has 0 heterocycles. The van der Waals surface area contributed by atoms with Crippen molar-refractivity contribution in [3.05, 3.63) is 63.7 Å². The first-order valence-corrected chi connectivity index (χ1v) is 6.06. The molecule has 2 rings (SSSR count). The number of rotatable bonds is 5. The minimum Gasteiger partial charge on any atom is -0.454 e. The molecular weight excluding hydrogens is 282 g/mol. The zero-order valence-corrected chi connectivity index (χ0v) is 11.1. The van der Waals surface area contributed by atoms with Gasteiger partial charge in [-0.25, -0.2) is 4.39 Å². The van der Waals surface area contributed by atoms with Crippen LogP contribution in [-0.2, 0) is 6.54 Å². The first-order chi connectivity index (χ1) is 10.0. The second-order valence-electron chi connectivity index (χ2n) is 4.27. The fourth-order valence-electron chi connectivity index (χ4n) is 1.74. The van der Waals surface area contributed by atoms with E-state index in [0.717, 1.165) is 5.56 Å². The minimum atomic E-state index is -1.15. The maximum atomic E-state index is 13.7. The molecule has 0 aliphatic rings. The van der Waals surface area contributed by atoms with Crippen molar-refractivity contribution < 1.29 is 18.4 Å². The molecule has 0 saturated heterocycles. The molecule has 0 fully saturated rings. The monoisotopic (exact) mass is 294 g/mol. The van der Waals surface area contributed by atoms with Gasteiger partial charge in [0.25, 0.3) is 0 Å². The van der Waals surface area contributed by atoms with Gasteiger partial charge in [0.1, 0.15) is 5.75 Å². The van der Waals surface area contributed by atoms with E-state index in [0.29, 0.717) is 24.4 Å². The Kier molecular flexibility index (Phi) is 4.44. The van der Waals surface area contributed by atoms with E-state index in [2.05, 4.69) is 5.32 Å². The van der Waals surface area contributed by atoms with E-state index in [1.165, 1.54) is 0 Å². The van der Waals surface area contributed by atoms with Crippen LogP contribution >= 0.6 is 0 Å². The van der Waals surface area contributed by atoms with Gasteiger partial charge in [0.15, 0.2) is 11.6 Å². The van der Waals surface area contributed by atoms with Crippen molar-refractivity contribution in [3.8, 4) is 11.5 Å². The van der Waals surface area contributed by atoms with Crippen molar-refractivity contribution in [2.45, 2.75) is 6.54 Å². The smallest absolute Gasteiger partial charge is 0.307 e. The highest BCUT2D eigenvalue weighted by molar-refractivity contribution is 5.41. The Bertz CT molecular complexity index is 660. The lowest BCUT2D eigenvalue weighted by Gasteiger charge is -2.08. The number of halogens is 2. The van der Waals surface area contributed by atoms with Crippen molar-refractivity contribution in [2.24, 2.45) is 0 Å². The topological polar surface area (TPSA) is 64.4 Å². The SMILES string of the molecule is CNCc1ccc(Oc2cc(F)c([N+](=O)[O-])cc2F)cc1. The highest BCUT2D eigenvalue weighted by Crippen LogP contribution is 2.30. The average molecular weight is 294 g/mol. The fraction of sp³-hybridized carbons (Fsp3) is 0.143. The molecule has 0 atom stereocenters. The quantitative estimate of drug-likeness (QED) is 0.678. The third-order valence-corrected chi connectivity index (χ3v) is 2.73. The Labute approximate surface area is 119 Å². The minimum absolute atomic E-state index is 0.307. The van der Waals surface area contributed by atoms with E-state index in [9.17, 15) is 18.9 Å². The molecule has 0 aliphatic heterocycles. The van der Waals surface area contributed by atoms with Gasteiger partial charge >= 0.3 is 5.69 Å². The van der Waals surface area contributed by atoms with Crippen LogP contribution in [0.3, 0.4) is 0 Å². The summed E-state index contributed by atoms with van der Waals surface area (Å²) in [7, 11) is 1.80. The van der Waals surface area contributed by atoms with Crippen LogP contribution in [0.1, 0.15) is 5.56 Å². The fourth-order valence-corrected chi connectivity index (χ4v) is 1.74. The van der Waals surface area contributed by atoms with Gasteiger partial charge in [-0.1, -0.05) is 12.1 Å². The lowest BCUT2D eigenvalue weighted by molar-refractivity contribution is -0.387. The number of nitro groups is 1. The standard InChI is InChI=1S/C14H12F2N2O3/c1-17-8-9-2-4-10(5-3-9)21-14-7-11(15)13(18(19)20)6-12(14)16/h2-7,17H,8H2,1H3. The molecule has 0 amide bonds. The Hall–Kier alpha value is -2.54. The number of hydrogen-bond donors (Lipinski definition) is 1. The van der Waals surface area contributed by atoms with Gasteiger partial charge in [0.2, 0.25) is 5.82 Å². The van der Waals surface area contributed by atoms with E-state index in [4.69, 9.17) is 4.74 Å². The van der Waals surface area contributed by atoms with E-state index in [1.807, 2.05) is 0 Å². The molecule has 21 heavy (non-hydrogen) atoms. The Balaban J connectivity index is 2.23. The summed E-state index contributed by atoms with van der Waals surface area (Å²) in [6, 6.07) is 7.91. The lowest BCUT2D eigenvalue weighted by Crippen LogP contribution is -2.04. The third-order valence-electron chi connectivity index (χ3n) is 2.73. The largest absolute Gasteiger partial charge is 0.454 e. The molecule has 0 spiro atoms. The van der Waals surface area contributed by atoms with Crippen LogP contribution in [0.5, 0.6) is 11.5 Å². The Morgan fingerprint density at radius 2 is 1.86 bits per heavy atom. The normalized spacial score (nSPS) is 10.4. The number of nitrogens with one attached hydrogen (secondary N) is 1. The van der Waals surface area contributed by atoms with Crippen LogP contribution in [0.4, 0.5) is 14.5 Å². The lowest BCUT2D eigenvalue weighted by atomic mass is 10.2. The summed E-state index contributed by atoms with van der Waals surface area (Å²) in [4.78, 5) is 9.50. The molecule has 0 bridgehead atoms. The maximum absolute atomic E-state index is 13.7. The summed E-state index contributed by atoms with van der Waals surface area (Å²) in [6.45, 7) is 0.667. The van der Waals surface area contributed by atoms with Crippen molar-refractivity contribution in [1.82, 2.24) is 5.32 Å². The van der Waals surface area contributed by atoms with Crippen LogP contribution < -0.4 is 10.1 Å². The molecule has 0 aromatic heterocycles. The van der Waals surface area contributed by atoms with Crippen LogP contribution in [0.2, 0.25) is 0 Å². The van der Waals surface area contributed by atoms with E-state index in [-0.39, 0.29) is 0 Å². The predicted molar refractivity (Wildman–Crippen MR) is 72.3 cm³/mol. The van der Waals surface area contributed by atoms with Gasteiger partial charge in [-0.15, -0.1) is 0 Å². The van der Waals surface area contributed by atoms with Crippen molar-refractivity contribution >= 4 is 5.69 Å². The van der Waals surface area contributed by atoms with Crippen molar-refractivity contribution in [1.29, 1.82) is 0 Å². The zero-order chi connectivity index (χ0) is 15.4. The molecule has 2 aromatic rings. The highest BCUT2D eigenvalue weighted by Gasteiger charge is 2.19. The van der Waals surface area contributed by atoms with Gasteiger partial charge in [-0.2, -0.15) is 4.39 Å². The molecule has 1 N–H and O–H groups in total. The second-order valence-corrected chi connectivity index (χ2v) is 4.27. The van der Waals surface area contributed by atoms with Crippen molar-refractivity contribution in [3.63, 3.8) is 0 Å². The van der Waals surface area contributed by atoms with Crippen LogP contribution in [0.25, 0.3) is 0 Å². The first-order valence-electron chi connectivity index (χ1n) is 6.06. The van der Waals surface area contributed by atoms with E-state index < -0.39 is 28.0 Å². The average Bonchev–Trinajstić information content (AvgIpc) is 2.44. The summed E-state index contributed by atoms with van der Waals surface area (Å²) in [6.07, 6.45) is 0. The van der Waals surface area contributed by atoms with Gasteiger partial charge in [-0.05, 0) is 24.7 Å². The number of nitrogens with zero attached hydrogens (tertiary/aromatic N) is 1. The molecular formula is C14H12F2N2O3. The number of nitro benzene ring substituents is 1. The highest BCUT2D eigenvalue weighted by atomic mass is 19.1. The predicted octanol–water partition coefficient (Wildman–Crippen LogP) is 3.38.